The maximum atomic E-state index is 12.1. The molecule has 1 aromatic heterocycles. The van der Waals surface area contributed by atoms with E-state index in [1.54, 1.807) is 17.5 Å². The van der Waals surface area contributed by atoms with Gasteiger partial charge in [0.05, 0.1) is 43.1 Å². The van der Waals surface area contributed by atoms with Gasteiger partial charge in [-0.05, 0) is 18.6 Å². The van der Waals surface area contributed by atoms with Crippen LogP contribution < -0.4 is 16.4 Å². The Hall–Kier alpha value is -1.79. The van der Waals surface area contributed by atoms with Crippen LogP contribution in [0.25, 0.3) is 10.6 Å². The average molecular weight is 519 g/mol. The van der Waals surface area contributed by atoms with Crippen LogP contribution in [0.2, 0.25) is 10.0 Å². The molecule has 182 valence electrons. The Morgan fingerprint density at radius 2 is 1.73 bits per heavy atom. The van der Waals surface area contributed by atoms with Crippen molar-refractivity contribution in [3.05, 3.63) is 33.6 Å². The van der Waals surface area contributed by atoms with E-state index >= 15 is 0 Å². The first-order chi connectivity index (χ1) is 16.0. The first kappa shape index (κ1) is 27.5. The van der Waals surface area contributed by atoms with Gasteiger partial charge in [-0.3, -0.25) is 9.59 Å². The van der Waals surface area contributed by atoms with Crippen LogP contribution in [0.5, 0.6) is 0 Å². The van der Waals surface area contributed by atoms with Gasteiger partial charge in [-0.1, -0.05) is 29.3 Å². The first-order valence-electron chi connectivity index (χ1n) is 10.4. The van der Waals surface area contributed by atoms with Crippen LogP contribution in [0.3, 0.4) is 0 Å². The second kappa shape index (κ2) is 15.9. The van der Waals surface area contributed by atoms with Crippen LogP contribution in [0.1, 0.15) is 12.8 Å². The molecule has 33 heavy (non-hydrogen) atoms. The number of nitrogens with zero attached hydrogens (tertiary/aromatic N) is 1. The molecule has 2 rings (SSSR count). The zero-order valence-electron chi connectivity index (χ0n) is 18.1. The summed E-state index contributed by atoms with van der Waals surface area (Å²) in [5.74, 6) is 0.0446. The molecule has 4 N–H and O–H groups in total. The molecule has 0 radical (unpaired) electrons. The fraction of sp³-hybridized carbons (Fsp3) is 0.476. The highest BCUT2D eigenvalue weighted by Crippen LogP contribution is 2.31. The SMILES string of the molecule is NCCOCCOCCOCC(=O)NCCCC(=O)Nc1csc(-c2ccc(Cl)c(Cl)c2)n1. The summed E-state index contributed by atoms with van der Waals surface area (Å²) in [7, 11) is 0. The number of nitrogens with two attached hydrogens (primary N) is 1. The Labute approximate surface area is 206 Å². The summed E-state index contributed by atoms with van der Waals surface area (Å²) in [6, 6.07) is 5.25. The van der Waals surface area contributed by atoms with Crippen LogP contribution in [0.15, 0.2) is 23.6 Å². The van der Waals surface area contributed by atoms with Gasteiger partial charge >= 0.3 is 0 Å². The lowest BCUT2D eigenvalue weighted by Gasteiger charge is -2.07. The molecule has 0 fully saturated rings. The second-order valence-corrected chi connectivity index (χ2v) is 8.41. The van der Waals surface area contributed by atoms with Crippen LogP contribution in [-0.2, 0) is 23.8 Å². The van der Waals surface area contributed by atoms with Gasteiger partial charge in [0.15, 0.2) is 0 Å². The lowest BCUT2D eigenvalue weighted by atomic mass is 10.2. The Bertz CT molecular complexity index is 884. The van der Waals surface area contributed by atoms with E-state index in [1.165, 1.54) is 11.3 Å². The van der Waals surface area contributed by atoms with Gasteiger partial charge in [0.25, 0.3) is 0 Å². The number of hydrogen-bond donors (Lipinski definition) is 3. The number of amides is 2. The van der Waals surface area contributed by atoms with E-state index in [2.05, 4.69) is 15.6 Å². The number of aromatic nitrogens is 1. The van der Waals surface area contributed by atoms with Gasteiger partial charge in [0.1, 0.15) is 17.4 Å². The first-order valence-corrected chi connectivity index (χ1v) is 12.0. The number of nitrogens with one attached hydrogen (secondary N) is 2. The fourth-order valence-electron chi connectivity index (χ4n) is 2.51. The van der Waals surface area contributed by atoms with Crippen molar-refractivity contribution in [2.24, 2.45) is 5.73 Å². The third-order valence-electron chi connectivity index (χ3n) is 4.08. The number of carbonyl (C=O) groups excluding carboxylic acids is 2. The highest BCUT2D eigenvalue weighted by atomic mass is 35.5. The van der Waals surface area contributed by atoms with Crippen molar-refractivity contribution < 1.29 is 23.8 Å². The molecule has 2 amide bonds. The third kappa shape index (κ3) is 11.3. The van der Waals surface area contributed by atoms with E-state index < -0.39 is 0 Å². The molecule has 0 aliphatic carbocycles. The highest BCUT2D eigenvalue weighted by molar-refractivity contribution is 7.13. The predicted molar refractivity (Wildman–Crippen MR) is 130 cm³/mol. The summed E-state index contributed by atoms with van der Waals surface area (Å²) in [5.41, 5.74) is 6.12. The Kier molecular flexibility index (Phi) is 13.3. The summed E-state index contributed by atoms with van der Waals surface area (Å²) in [6.07, 6.45) is 0.744. The molecule has 0 saturated heterocycles. The maximum Gasteiger partial charge on any atom is 0.245 e. The minimum Gasteiger partial charge on any atom is -0.378 e. The van der Waals surface area contributed by atoms with E-state index in [4.69, 9.17) is 43.1 Å². The van der Waals surface area contributed by atoms with Crippen molar-refractivity contribution in [3.63, 3.8) is 0 Å². The highest BCUT2D eigenvalue weighted by Gasteiger charge is 2.10. The number of anilines is 1. The van der Waals surface area contributed by atoms with E-state index in [-0.39, 0.29) is 24.8 Å². The van der Waals surface area contributed by atoms with Gasteiger partial charge in [0, 0.05) is 30.5 Å². The maximum absolute atomic E-state index is 12.1. The Morgan fingerprint density at radius 1 is 1.00 bits per heavy atom. The Morgan fingerprint density at radius 3 is 2.45 bits per heavy atom. The van der Waals surface area contributed by atoms with Crippen molar-refractivity contribution in [2.45, 2.75) is 12.8 Å². The monoisotopic (exact) mass is 518 g/mol. The van der Waals surface area contributed by atoms with Gasteiger partial charge in [0.2, 0.25) is 11.8 Å². The van der Waals surface area contributed by atoms with Crippen molar-refractivity contribution in [1.82, 2.24) is 10.3 Å². The molecule has 0 aliphatic heterocycles. The molecule has 0 aliphatic rings. The van der Waals surface area contributed by atoms with Gasteiger partial charge in [-0.25, -0.2) is 4.98 Å². The smallest absolute Gasteiger partial charge is 0.245 e. The molecule has 12 heteroatoms. The normalized spacial score (nSPS) is 10.9. The molecule has 0 bridgehead atoms. The van der Waals surface area contributed by atoms with E-state index in [0.29, 0.717) is 68.4 Å². The minimum absolute atomic E-state index is 0.0600. The van der Waals surface area contributed by atoms with Gasteiger partial charge in [-0.2, -0.15) is 0 Å². The molecule has 9 nitrogen and oxygen atoms in total. The molecule has 2 aromatic rings. The molecule has 0 atom stereocenters. The fourth-order valence-corrected chi connectivity index (χ4v) is 3.56. The van der Waals surface area contributed by atoms with Crippen molar-refractivity contribution in [3.8, 4) is 10.6 Å². The number of thiazole rings is 1. The Balaban J connectivity index is 1.53. The average Bonchev–Trinajstić information content (AvgIpc) is 3.26. The van der Waals surface area contributed by atoms with Crippen LogP contribution in [-0.4, -0.2) is 69.5 Å². The minimum atomic E-state index is -0.243. The van der Waals surface area contributed by atoms with Crippen LogP contribution in [0, 0.1) is 0 Å². The van der Waals surface area contributed by atoms with Crippen LogP contribution in [0.4, 0.5) is 5.82 Å². The molecule has 1 aromatic carbocycles. The summed E-state index contributed by atoms with van der Waals surface area (Å²) >= 11 is 13.4. The van der Waals surface area contributed by atoms with Gasteiger partial charge in [-0.15, -0.1) is 11.3 Å². The molecule has 1 heterocycles. The zero-order valence-corrected chi connectivity index (χ0v) is 20.4. The predicted octanol–water partition coefficient (Wildman–Crippen LogP) is 2.96. The summed E-state index contributed by atoms with van der Waals surface area (Å²) < 4.78 is 15.7. The number of halogens is 2. The summed E-state index contributed by atoms with van der Waals surface area (Å²) in [6.45, 7) is 2.92. The summed E-state index contributed by atoms with van der Waals surface area (Å²) in [5, 5.41) is 8.85. The quantitative estimate of drug-likeness (QED) is 0.291. The topological polar surface area (TPSA) is 125 Å². The number of rotatable bonds is 16. The zero-order chi connectivity index (χ0) is 23.9. The largest absolute Gasteiger partial charge is 0.378 e. The van der Waals surface area contributed by atoms with Gasteiger partial charge < -0.3 is 30.6 Å². The summed E-state index contributed by atoms with van der Waals surface area (Å²) in [4.78, 5) is 28.2. The second-order valence-electron chi connectivity index (χ2n) is 6.73. The molecule has 0 saturated carbocycles. The number of benzene rings is 1. The lowest BCUT2D eigenvalue weighted by molar-refractivity contribution is -0.126. The standard InChI is InChI=1S/C21H28Cl2N4O5S/c22-16-4-3-15(12-17(16)23)21-27-18(14-33-21)26-19(28)2-1-6-25-20(29)13-32-11-10-31-9-8-30-7-5-24/h3-4,12,14H,1-2,5-11,13,24H2,(H,25,29)(H,26,28). The number of carbonyl (C=O) groups is 2. The molecular weight excluding hydrogens is 491 g/mol. The number of ether oxygens (including phenoxy) is 3. The number of hydrogen-bond acceptors (Lipinski definition) is 8. The van der Waals surface area contributed by atoms with Crippen molar-refractivity contribution in [1.29, 1.82) is 0 Å². The van der Waals surface area contributed by atoms with Crippen molar-refractivity contribution >= 4 is 52.2 Å². The van der Waals surface area contributed by atoms with Crippen molar-refractivity contribution in [2.75, 3.05) is 58.0 Å². The van der Waals surface area contributed by atoms with E-state index in [1.807, 2.05) is 6.07 Å². The van der Waals surface area contributed by atoms with E-state index in [9.17, 15) is 9.59 Å². The molecule has 0 unspecified atom stereocenters. The van der Waals surface area contributed by atoms with Crippen LogP contribution >= 0.6 is 34.5 Å². The lowest BCUT2D eigenvalue weighted by Crippen LogP contribution is -2.29. The third-order valence-corrected chi connectivity index (χ3v) is 5.71. The van der Waals surface area contributed by atoms with E-state index in [0.717, 1.165) is 10.6 Å². The molecular formula is C21H28Cl2N4O5S. The molecule has 0 spiro atoms.